The van der Waals surface area contributed by atoms with Gasteiger partial charge in [-0.05, 0) is 24.5 Å². The Morgan fingerprint density at radius 3 is 2.85 bits per heavy atom. The van der Waals surface area contributed by atoms with Gasteiger partial charge in [0.15, 0.2) is 0 Å². The van der Waals surface area contributed by atoms with Gasteiger partial charge >= 0.3 is 0 Å². The molecule has 2 aromatic heterocycles. The summed E-state index contributed by atoms with van der Waals surface area (Å²) in [6.45, 7) is 6.15. The molecule has 0 aliphatic carbocycles. The molecule has 0 aliphatic rings. The summed E-state index contributed by atoms with van der Waals surface area (Å²) in [4.78, 5) is 4.45. The fourth-order valence-corrected chi connectivity index (χ4v) is 3.50. The minimum absolute atomic E-state index is 0.163. The molecule has 6 heteroatoms. The van der Waals surface area contributed by atoms with Crippen LogP contribution in [0, 0.1) is 12.8 Å². The summed E-state index contributed by atoms with van der Waals surface area (Å²) in [5.41, 5.74) is 2.66. The predicted molar refractivity (Wildman–Crippen MR) is 80.0 cm³/mol. The average Bonchev–Trinajstić information content (AvgIpc) is 2.80. The zero-order valence-electron chi connectivity index (χ0n) is 12.1. The van der Waals surface area contributed by atoms with E-state index in [2.05, 4.69) is 9.71 Å². The van der Waals surface area contributed by atoms with E-state index >= 15 is 0 Å². The van der Waals surface area contributed by atoms with E-state index in [1.807, 2.05) is 49.7 Å². The minimum atomic E-state index is -3.24. The van der Waals surface area contributed by atoms with Crippen molar-refractivity contribution in [1.82, 2.24) is 14.1 Å². The van der Waals surface area contributed by atoms with Gasteiger partial charge in [-0.25, -0.2) is 18.1 Å². The number of fused-ring (bicyclic) bond motifs is 1. The van der Waals surface area contributed by atoms with Gasteiger partial charge in [-0.3, -0.25) is 0 Å². The van der Waals surface area contributed by atoms with Crippen molar-refractivity contribution >= 4 is 15.7 Å². The molecule has 0 unspecified atom stereocenters. The van der Waals surface area contributed by atoms with Crippen LogP contribution in [0.4, 0.5) is 0 Å². The highest BCUT2D eigenvalue weighted by Crippen LogP contribution is 2.10. The minimum Gasteiger partial charge on any atom is -0.307 e. The number of aromatic nitrogens is 2. The number of hydrogen-bond acceptors (Lipinski definition) is 3. The summed E-state index contributed by atoms with van der Waals surface area (Å²) in [7, 11) is -3.24. The lowest BCUT2D eigenvalue weighted by Gasteiger charge is -2.09. The molecule has 0 spiro atoms. The van der Waals surface area contributed by atoms with Crippen molar-refractivity contribution in [2.75, 3.05) is 5.75 Å². The molecule has 2 rings (SSSR count). The molecule has 0 radical (unpaired) electrons. The smallest absolute Gasteiger partial charge is 0.212 e. The number of hydrogen-bond donors (Lipinski definition) is 1. The number of rotatable bonds is 6. The van der Waals surface area contributed by atoms with E-state index in [0.717, 1.165) is 23.3 Å². The van der Waals surface area contributed by atoms with Crippen LogP contribution in [0.15, 0.2) is 24.5 Å². The Hall–Kier alpha value is -1.40. The molecule has 0 amide bonds. The van der Waals surface area contributed by atoms with Gasteiger partial charge < -0.3 is 4.40 Å². The lowest BCUT2D eigenvalue weighted by atomic mass is 10.2. The van der Waals surface area contributed by atoms with Gasteiger partial charge in [0.1, 0.15) is 5.65 Å². The Morgan fingerprint density at radius 1 is 1.45 bits per heavy atom. The molecule has 1 N–H and O–H groups in total. The van der Waals surface area contributed by atoms with E-state index in [9.17, 15) is 8.42 Å². The number of nitrogens with zero attached hydrogens (tertiary/aromatic N) is 2. The highest BCUT2D eigenvalue weighted by Gasteiger charge is 2.15. The largest absolute Gasteiger partial charge is 0.307 e. The van der Waals surface area contributed by atoms with Crippen LogP contribution in [0.3, 0.4) is 0 Å². The Morgan fingerprint density at radius 2 is 2.20 bits per heavy atom. The van der Waals surface area contributed by atoms with Crippen molar-refractivity contribution in [2.45, 2.75) is 33.7 Å². The Balaban J connectivity index is 2.08. The summed E-state index contributed by atoms with van der Waals surface area (Å²) >= 11 is 0. The van der Waals surface area contributed by atoms with Gasteiger partial charge in [0.2, 0.25) is 10.0 Å². The summed E-state index contributed by atoms with van der Waals surface area (Å²) in [6, 6.07) is 3.93. The highest BCUT2D eigenvalue weighted by atomic mass is 32.2. The number of aryl methyl sites for hydroxylation is 1. The highest BCUT2D eigenvalue weighted by molar-refractivity contribution is 7.89. The topological polar surface area (TPSA) is 63.5 Å². The summed E-state index contributed by atoms with van der Waals surface area (Å²) in [6.07, 6.45) is 4.62. The van der Waals surface area contributed by atoms with Gasteiger partial charge in [0, 0.05) is 12.4 Å². The molecule has 0 saturated carbocycles. The average molecular weight is 295 g/mol. The Labute approximate surface area is 120 Å². The first kappa shape index (κ1) is 15.0. The first-order valence-corrected chi connectivity index (χ1v) is 8.47. The molecule has 110 valence electrons. The zero-order chi connectivity index (χ0) is 14.8. The zero-order valence-corrected chi connectivity index (χ0v) is 12.9. The summed E-state index contributed by atoms with van der Waals surface area (Å²) in [5, 5.41) is 0. The van der Waals surface area contributed by atoms with Crippen LogP contribution in [0.5, 0.6) is 0 Å². The van der Waals surface area contributed by atoms with E-state index in [1.54, 1.807) is 0 Å². The van der Waals surface area contributed by atoms with Crippen LogP contribution < -0.4 is 4.72 Å². The van der Waals surface area contributed by atoms with Gasteiger partial charge in [-0.2, -0.15) is 0 Å². The van der Waals surface area contributed by atoms with E-state index in [0.29, 0.717) is 0 Å². The molecule has 1 atom stereocenters. The second-order valence-corrected chi connectivity index (χ2v) is 7.12. The maximum Gasteiger partial charge on any atom is 0.212 e. The lowest BCUT2D eigenvalue weighted by Crippen LogP contribution is -2.28. The summed E-state index contributed by atoms with van der Waals surface area (Å²) < 4.78 is 28.3. The maximum absolute atomic E-state index is 11.9. The third kappa shape index (κ3) is 3.58. The van der Waals surface area contributed by atoms with Crippen molar-refractivity contribution in [3.63, 3.8) is 0 Å². The van der Waals surface area contributed by atoms with E-state index < -0.39 is 10.0 Å². The first-order valence-electron chi connectivity index (χ1n) is 6.82. The molecule has 0 aromatic carbocycles. The molecule has 0 fully saturated rings. The third-order valence-electron chi connectivity index (χ3n) is 3.40. The van der Waals surface area contributed by atoms with Crippen LogP contribution in [0.25, 0.3) is 5.65 Å². The molecule has 0 bridgehead atoms. The van der Waals surface area contributed by atoms with E-state index in [-0.39, 0.29) is 18.2 Å². The lowest BCUT2D eigenvalue weighted by molar-refractivity contribution is 0.551. The Bertz CT molecular complexity index is 692. The van der Waals surface area contributed by atoms with Crippen LogP contribution in [-0.4, -0.2) is 23.6 Å². The van der Waals surface area contributed by atoms with E-state index in [1.165, 1.54) is 0 Å². The summed E-state index contributed by atoms with van der Waals surface area (Å²) in [5.74, 6) is 0.325. The molecule has 5 nitrogen and oxygen atoms in total. The number of sulfonamides is 1. The quantitative estimate of drug-likeness (QED) is 0.887. The van der Waals surface area contributed by atoms with Crippen molar-refractivity contribution in [2.24, 2.45) is 5.92 Å². The second kappa shape index (κ2) is 5.93. The molecular weight excluding hydrogens is 274 g/mol. The van der Waals surface area contributed by atoms with Crippen LogP contribution >= 0.6 is 0 Å². The number of imidazole rings is 1. The fourth-order valence-electron chi connectivity index (χ4n) is 2.02. The molecule has 2 heterocycles. The molecular formula is C14H21N3O2S. The van der Waals surface area contributed by atoms with Crippen molar-refractivity contribution in [1.29, 1.82) is 0 Å². The van der Waals surface area contributed by atoms with Gasteiger partial charge in [0.25, 0.3) is 0 Å². The maximum atomic E-state index is 11.9. The van der Waals surface area contributed by atoms with Gasteiger partial charge in [-0.1, -0.05) is 26.3 Å². The molecule has 0 aliphatic heterocycles. The van der Waals surface area contributed by atoms with E-state index in [4.69, 9.17) is 0 Å². The second-order valence-electron chi connectivity index (χ2n) is 5.27. The van der Waals surface area contributed by atoms with Gasteiger partial charge in [-0.15, -0.1) is 0 Å². The molecule has 0 saturated heterocycles. The number of pyridine rings is 1. The normalized spacial score (nSPS) is 13.8. The fraction of sp³-hybridized carbons (Fsp3) is 0.500. The first-order chi connectivity index (χ1) is 9.41. The third-order valence-corrected chi connectivity index (χ3v) is 4.99. The van der Waals surface area contributed by atoms with Crippen LogP contribution in [-0.2, 0) is 16.6 Å². The van der Waals surface area contributed by atoms with Gasteiger partial charge in [0.05, 0.1) is 18.0 Å². The van der Waals surface area contributed by atoms with Crippen LogP contribution in [0.2, 0.25) is 0 Å². The standard InChI is InChI=1S/C14H21N3O2S/c1-4-11(2)10-20(18,19)15-8-13-9-17-7-5-6-12(3)14(17)16-13/h5-7,9,11,15H,4,8,10H2,1-3H3/t11-/m1/s1. The molecule has 20 heavy (non-hydrogen) atoms. The predicted octanol–water partition coefficient (Wildman–Crippen LogP) is 2.11. The SMILES string of the molecule is CC[C@@H](C)CS(=O)(=O)NCc1cn2cccc(C)c2n1. The molecule has 2 aromatic rings. The van der Waals surface area contributed by atoms with Crippen molar-refractivity contribution < 1.29 is 8.42 Å². The van der Waals surface area contributed by atoms with Crippen molar-refractivity contribution in [3.8, 4) is 0 Å². The van der Waals surface area contributed by atoms with Crippen molar-refractivity contribution in [3.05, 3.63) is 35.8 Å². The Kier molecular flexibility index (Phi) is 4.45. The number of nitrogens with one attached hydrogen (secondary N) is 1. The monoisotopic (exact) mass is 295 g/mol. The van der Waals surface area contributed by atoms with Crippen LogP contribution in [0.1, 0.15) is 31.5 Å².